The molecule has 0 aliphatic carbocycles. The standard InChI is InChI=1S/C23H15F3N4O4/c1-12-18-19-15(11-27-20(18)30(28-12)16-8-3-4-9-17(16)33-2)21(31)29(22(19)32)13-6-5-7-14(10-13)34-23(24,25)26/h3-11H,1-2H3. The van der Waals surface area contributed by atoms with Gasteiger partial charge < -0.3 is 9.47 Å². The molecular weight excluding hydrogens is 453 g/mol. The molecule has 8 nitrogen and oxygen atoms in total. The Morgan fingerprint density at radius 1 is 1.00 bits per heavy atom. The van der Waals surface area contributed by atoms with Crippen molar-refractivity contribution in [3.05, 3.63) is 71.5 Å². The first-order chi connectivity index (χ1) is 16.2. The van der Waals surface area contributed by atoms with Crippen LogP contribution in [-0.4, -0.2) is 40.1 Å². The third-order valence-corrected chi connectivity index (χ3v) is 5.34. The van der Waals surface area contributed by atoms with Crippen LogP contribution in [0.1, 0.15) is 26.4 Å². The van der Waals surface area contributed by atoms with E-state index >= 15 is 0 Å². The van der Waals surface area contributed by atoms with Gasteiger partial charge in [-0.25, -0.2) is 14.6 Å². The third-order valence-electron chi connectivity index (χ3n) is 5.34. The topological polar surface area (TPSA) is 86.6 Å². The number of rotatable bonds is 4. The summed E-state index contributed by atoms with van der Waals surface area (Å²) in [6.45, 7) is 1.68. The lowest BCUT2D eigenvalue weighted by atomic mass is 10.1. The second kappa shape index (κ2) is 7.58. The van der Waals surface area contributed by atoms with E-state index in [2.05, 4.69) is 14.8 Å². The van der Waals surface area contributed by atoms with Crippen LogP contribution in [0.15, 0.2) is 54.7 Å². The highest BCUT2D eigenvalue weighted by atomic mass is 19.4. The zero-order chi connectivity index (χ0) is 24.2. The number of carbonyl (C=O) groups is 2. The lowest BCUT2D eigenvalue weighted by molar-refractivity contribution is -0.274. The van der Waals surface area contributed by atoms with Crippen LogP contribution in [0.4, 0.5) is 18.9 Å². The van der Waals surface area contributed by atoms with Crippen molar-refractivity contribution in [3.63, 3.8) is 0 Å². The molecule has 0 fully saturated rings. The maximum absolute atomic E-state index is 13.4. The number of fused-ring (bicyclic) bond motifs is 3. The van der Waals surface area contributed by atoms with Crippen molar-refractivity contribution < 1.29 is 32.2 Å². The number of aryl methyl sites for hydroxylation is 1. The average molecular weight is 468 g/mol. The number of aromatic nitrogens is 3. The number of methoxy groups -OCH3 is 1. The number of hydrogen-bond donors (Lipinski definition) is 0. The summed E-state index contributed by atoms with van der Waals surface area (Å²) in [6.07, 6.45) is -3.65. The summed E-state index contributed by atoms with van der Waals surface area (Å²) in [5.41, 5.74) is 1.41. The summed E-state index contributed by atoms with van der Waals surface area (Å²) >= 11 is 0. The highest BCUT2D eigenvalue weighted by Crippen LogP contribution is 2.37. The number of ether oxygens (including phenoxy) is 2. The van der Waals surface area contributed by atoms with Crippen molar-refractivity contribution in [2.24, 2.45) is 0 Å². The van der Waals surface area contributed by atoms with E-state index in [0.717, 1.165) is 17.0 Å². The number of para-hydroxylation sites is 2. The summed E-state index contributed by atoms with van der Waals surface area (Å²) in [4.78, 5) is 31.7. The third kappa shape index (κ3) is 3.33. The number of carbonyl (C=O) groups excluding carboxylic acids is 2. The molecule has 2 amide bonds. The van der Waals surface area contributed by atoms with Gasteiger partial charge in [0.2, 0.25) is 0 Å². The van der Waals surface area contributed by atoms with Crippen molar-refractivity contribution in [2.75, 3.05) is 12.0 Å². The van der Waals surface area contributed by atoms with Crippen molar-refractivity contribution in [1.82, 2.24) is 14.8 Å². The molecule has 0 N–H and O–H groups in total. The molecule has 2 aromatic carbocycles. The van der Waals surface area contributed by atoms with Crippen LogP contribution in [-0.2, 0) is 0 Å². The Balaban J connectivity index is 1.64. The average Bonchev–Trinajstić information content (AvgIpc) is 3.26. The first-order valence-electron chi connectivity index (χ1n) is 9.96. The summed E-state index contributed by atoms with van der Waals surface area (Å²) in [7, 11) is 1.51. The van der Waals surface area contributed by atoms with Crippen molar-refractivity contribution >= 4 is 28.5 Å². The second-order valence-corrected chi connectivity index (χ2v) is 7.41. The van der Waals surface area contributed by atoms with Crippen LogP contribution in [0.25, 0.3) is 16.7 Å². The van der Waals surface area contributed by atoms with E-state index in [-0.39, 0.29) is 16.8 Å². The Morgan fingerprint density at radius 3 is 2.50 bits per heavy atom. The molecule has 0 saturated carbocycles. The van der Waals surface area contributed by atoms with Crippen LogP contribution in [0, 0.1) is 6.92 Å². The largest absolute Gasteiger partial charge is 0.573 e. The van der Waals surface area contributed by atoms with E-state index in [4.69, 9.17) is 4.74 Å². The number of imide groups is 1. The molecule has 11 heteroatoms. The molecule has 5 rings (SSSR count). The molecule has 0 unspecified atom stereocenters. The van der Waals surface area contributed by atoms with E-state index in [1.54, 1.807) is 31.2 Å². The van der Waals surface area contributed by atoms with Gasteiger partial charge in [-0.05, 0) is 31.2 Å². The zero-order valence-electron chi connectivity index (χ0n) is 17.8. The molecule has 0 atom stereocenters. The summed E-state index contributed by atoms with van der Waals surface area (Å²) < 4.78 is 48.8. The Labute approximate surface area is 190 Å². The number of alkyl halides is 3. The normalized spacial score (nSPS) is 13.5. The fourth-order valence-corrected chi connectivity index (χ4v) is 3.99. The predicted molar refractivity (Wildman–Crippen MR) is 114 cm³/mol. The molecule has 0 saturated heterocycles. The number of amides is 2. The van der Waals surface area contributed by atoms with E-state index in [1.807, 2.05) is 0 Å². The van der Waals surface area contributed by atoms with Gasteiger partial charge in [0.15, 0.2) is 5.65 Å². The van der Waals surface area contributed by atoms with Crippen LogP contribution in [0.2, 0.25) is 0 Å². The molecule has 1 aliphatic rings. The Morgan fingerprint density at radius 2 is 1.76 bits per heavy atom. The molecule has 172 valence electrons. The predicted octanol–water partition coefficient (Wildman–Crippen LogP) is 4.44. The first-order valence-corrected chi connectivity index (χ1v) is 9.96. The fraction of sp³-hybridized carbons (Fsp3) is 0.130. The van der Waals surface area contributed by atoms with Gasteiger partial charge in [0.1, 0.15) is 17.2 Å². The molecule has 34 heavy (non-hydrogen) atoms. The first kappa shape index (κ1) is 21.4. The van der Waals surface area contributed by atoms with E-state index in [9.17, 15) is 22.8 Å². The minimum Gasteiger partial charge on any atom is -0.494 e. The van der Waals surface area contributed by atoms with Crippen LogP contribution in [0.3, 0.4) is 0 Å². The highest BCUT2D eigenvalue weighted by Gasteiger charge is 2.40. The summed E-state index contributed by atoms with van der Waals surface area (Å²) in [5.74, 6) is -1.42. The number of anilines is 1. The number of benzene rings is 2. The lowest BCUT2D eigenvalue weighted by Gasteiger charge is -2.15. The van der Waals surface area contributed by atoms with Gasteiger partial charge in [0, 0.05) is 12.3 Å². The summed E-state index contributed by atoms with van der Waals surface area (Å²) in [6, 6.07) is 11.8. The highest BCUT2D eigenvalue weighted by molar-refractivity contribution is 6.37. The Hall–Kier alpha value is -4.41. The number of nitrogens with zero attached hydrogens (tertiary/aromatic N) is 4. The van der Waals surface area contributed by atoms with Gasteiger partial charge in [0.25, 0.3) is 11.8 Å². The monoisotopic (exact) mass is 468 g/mol. The smallest absolute Gasteiger partial charge is 0.494 e. The molecule has 0 radical (unpaired) electrons. The van der Waals surface area contributed by atoms with Gasteiger partial charge in [-0.15, -0.1) is 13.2 Å². The van der Waals surface area contributed by atoms with E-state index in [1.165, 1.54) is 30.1 Å². The molecule has 0 bridgehead atoms. The zero-order valence-corrected chi connectivity index (χ0v) is 17.8. The molecule has 4 aromatic rings. The van der Waals surface area contributed by atoms with Crippen molar-refractivity contribution in [1.29, 1.82) is 0 Å². The maximum Gasteiger partial charge on any atom is 0.573 e. The lowest BCUT2D eigenvalue weighted by Crippen LogP contribution is -2.29. The molecular formula is C23H15F3N4O4. The molecule has 1 aliphatic heterocycles. The Bertz CT molecular complexity index is 1480. The van der Waals surface area contributed by atoms with Crippen molar-refractivity contribution in [2.45, 2.75) is 13.3 Å². The van der Waals surface area contributed by atoms with E-state index < -0.39 is 23.9 Å². The quantitative estimate of drug-likeness (QED) is 0.412. The second-order valence-electron chi connectivity index (χ2n) is 7.41. The van der Waals surface area contributed by atoms with Crippen molar-refractivity contribution in [3.8, 4) is 17.2 Å². The molecule has 3 heterocycles. The molecule has 2 aromatic heterocycles. The molecule has 0 spiro atoms. The van der Waals surface area contributed by atoms with Gasteiger partial charge >= 0.3 is 6.36 Å². The number of pyridine rings is 1. The minimum absolute atomic E-state index is 0.0299. The Kier molecular flexibility index (Phi) is 4.78. The van der Waals surface area contributed by atoms with Gasteiger partial charge in [-0.3, -0.25) is 9.59 Å². The van der Waals surface area contributed by atoms with Gasteiger partial charge in [0.05, 0.1) is 35.0 Å². The minimum atomic E-state index is -4.92. The maximum atomic E-state index is 13.4. The van der Waals surface area contributed by atoms with Crippen LogP contribution >= 0.6 is 0 Å². The summed E-state index contributed by atoms with van der Waals surface area (Å²) in [5, 5.41) is 4.87. The van der Waals surface area contributed by atoms with Gasteiger partial charge in [-0.2, -0.15) is 5.10 Å². The van der Waals surface area contributed by atoms with Gasteiger partial charge in [-0.1, -0.05) is 18.2 Å². The van der Waals surface area contributed by atoms with Crippen LogP contribution < -0.4 is 14.4 Å². The van der Waals surface area contributed by atoms with Crippen LogP contribution in [0.5, 0.6) is 11.5 Å². The number of halogens is 3. The SMILES string of the molecule is COc1ccccc1-n1nc(C)c2c3c(cnc21)C(=O)N(c1cccc(OC(F)(F)F)c1)C3=O. The number of hydrogen-bond acceptors (Lipinski definition) is 6. The fourth-order valence-electron chi connectivity index (χ4n) is 3.99. The van der Waals surface area contributed by atoms with E-state index in [0.29, 0.717) is 28.2 Å².